The van der Waals surface area contributed by atoms with Crippen molar-refractivity contribution in [3.63, 3.8) is 0 Å². The third kappa shape index (κ3) is 2.90. The predicted octanol–water partition coefficient (Wildman–Crippen LogP) is 5.67. The van der Waals surface area contributed by atoms with Crippen LogP contribution in [0.2, 0.25) is 0 Å². The van der Waals surface area contributed by atoms with Gasteiger partial charge in [0.25, 0.3) is 0 Å². The molecule has 1 N–H and O–H groups in total. The molecule has 1 spiro atoms. The molecule has 0 radical (unpaired) electrons. The summed E-state index contributed by atoms with van der Waals surface area (Å²) in [5, 5.41) is 3.23. The normalized spacial score (nSPS) is 32.0. The van der Waals surface area contributed by atoms with Crippen LogP contribution in [-0.2, 0) is 5.41 Å². The smallest absolute Gasteiger partial charge is 0.0337 e. The van der Waals surface area contributed by atoms with Gasteiger partial charge < -0.3 is 10.2 Å². The molecule has 4 unspecified atom stereocenters. The highest BCUT2D eigenvalue weighted by molar-refractivity contribution is 5.65. The van der Waals surface area contributed by atoms with Gasteiger partial charge in [0.15, 0.2) is 0 Å². The van der Waals surface area contributed by atoms with Gasteiger partial charge in [-0.05, 0) is 72.9 Å². The molecule has 5 rings (SSSR count). The van der Waals surface area contributed by atoms with Crippen LogP contribution in [0, 0.1) is 5.92 Å². The Bertz CT molecular complexity index is 868. The van der Waals surface area contributed by atoms with Crippen LogP contribution >= 0.6 is 0 Å². The number of anilines is 1. The Morgan fingerprint density at radius 2 is 1.86 bits per heavy atom. The van der Waals surface area contributed by atoms with Gasteiger partial charge >= 0.3 is 0 Å². The number of rotatable bonds is 3. The van der Waals surface area contributed by atoms with E-state index in [1.807, 2.05) is 7.05 Å². The monoisotopic (exact) mass is 372 g/mol. The van der Waals surface area contributed by atoms with E-state index in [2.05, 4.69) is 77.8 Å². The van der Waals surface area contributed by atoms with E-state index in [0.29, 0.717) is 5.92 Å². The maximum atomic E-state index is 3.23. The van der Waals surface area contributed by atoms with E-state index in [9.17, 15) is 0 Å². The number of hydrogen-bond acceptors (Lipinski definition) is 2. The molecule has 1 aliphatic heterocycles. The Hall–Kier alpha value is -2.06. The molecule has 2 heteroatoms. The summed E-state index contributed by atoms with van der Waals surface area (Å²) in [6.07, 6.45) is 10.2. The number of benzene rings is 2. The second-order valence-electron chi connectivity index (χ2n) is 9.14. The lowest BCUT2D eigenvalue weighted by Crippen LogP contribution is -2.50. The van der Waals surface area contributed by atoms with Gasteiger partial charge in [-0.15, -0.1) is 0 Å². The van der Waals surface area contributed by atoms with Crippen LogP contribution in [0.4, 0.5) is 5.69 Å². The van der Waals surface area contributed by atoms with Gasteiger partial charge in [0.1, 0.15) is 0 Å². The Kier molecular flexibility index (Phi) is 4.55. The van der Waals surface area contributed by atoms with E-state index < -0.39 is 0 Å². The van der Waals surface area contributed by atoms with Crippen LogP contribution in [0.1, 0.15) is 55.2 Å². The van der Waals surface area contributed by atoms with Crippen LogP contribution < -0.4 is 5.32 Å². The highest BCUT2D eigenvalue weighted by Crippen LogP contribution is 2.48. The summed E-state index contributed by atoms with van der Waals surface area (Å²) in [4.78, 5) is 2.81. The molecule has 0 bridgehead atoms. The highest BCUT2D eigenvalue weighted by atomic mass is 15.2. The van der Waals surface area contributed by atoms with Crippen molar-refractivity contribution in [1.29, 1.82) is 0 Å². The van der Waals surface area contributed by atoms with Crippen molar-refractivity contribution in [1.82, 2.24) is 4.90 Å². The van der Waals surface area contributed by atoms with Gasteiger partial charge in [0, 0.05) is 30.7 Å². The summed E-state index contributed by atoms with van der Waals surface area (Å²) in [5.74, 6) is 1.41. The summed E-state index contributed by atoms with van der Waals surface area (Å²) in [6, 6.07) is 18.9. The van der Waals surface area contributed by atoms with Crippen molar-refractivity contribution in [3.05, 3.63) is 71.3 Å². The molecule has 0 amide bonds. The summed E-state index contributed by atoms with van der Waals surface area (Å²) in [7, 11) is 1.99. The van der Waals surface area contributed by atoms with Crippen molar-refractivity contribution in [2.75, 3.05) is 25.5 Å². The maximum Gasteiger partial charge on any atom is 0.0337 e. The SMILES string of the molecule is CNc1ccc(C2CCC(N3CCC4(C=Cc5ccccc54)C(C)C3)C2)cc1. The largest absolute Gasteiger partial charge is 0.388 e. The third-order valence-corrected chi connectivity index (χ3v) is 7.82. The summed E-state index contributed by atoms with van der Waals surface area (Å²) in [5.41, 5.74) is 6.01. The number of likely N-dealkylation sites (tertiary alicyclic amines) is 1. The van der Waals surface area contributed by atoms with Gasteiger partial charge in [-0.3, -0.25) is 0 Å². The molecule has 2 fully saturated rings. The molecule has 2 aromatic carbocycles. The standard InChI is InChI=1S/C26H32N2/c1-19-18-28(16-15-26(19)14-13-21-5-3-4-6-25(21)26)24-12-9-22(17-24)20-7-10-23(27-2)11-8-20/h3-8,10-11,13-14,19,22,24,27H,9,12,15-18H2,1-2H3. The quantitative estimate of drug-likeness (QED) is 0.746. The first-order chi connectivity index (χ1) is 13.7. The van der Waals surface area contributed by atoms with Crippen molar-refractivity contribution in [2.24, 2.45) is 5.92 Å². The van der Waals surface area contributed by atoms with Gasteiger partial charge in [-0.25, -0.2) is 0 Å². The lowest BCUT2D eigenvalue weighted by atomic mass is 9.68. The van der Waals surface area contributed by atoms with Crippen LogP contribution in [0.25, 0.3) is 6.08 Å². The zero-order valence-corrected chi connectivity index (χ0v) is 17.2. The van der Waals surface area contributed by atoms with Crippen molar-refractivity contribution < 1.29 is 0 Å². The molecule has 1 saturated carbocycles. The molecule has 146 valence electrons. The van der Waals surface area contributed by atoms with Crippen molar-refractivity contribution in [3.8, 4) is 0 Å². The van der Waals surface area contributed by atoms with Gasteiger partial charge in [0.05, 0.1) is 0 Å². The Morgan fingerprint density at radius 1 is 1.04 bits per heavy atom. The molecule has 2 aromatic rings. The number of hydrogen-bond donors (Lipinski definition) is 1. The Morgan fingerprint density at radius 3 is 2.64 bits per heavy atom. The first-order valence-electron chi connectivity index (χ1n) is 11.0. The third-order valence-electron chi connectivity index (χ3n) is 7.82. The molecule has 2 nitrogen and oxygen atoms in total. The summed E-state index contributed by atoms with van der Waals surface area (Å²) < 4.78 is 0. The second-order valence-corrected chi connectivity index (χ2v) is 9.14. The second kappa shape index (κ2) is 7.08. The fraction of sp³-hybridized carbons (Fsp3) is 0.462. The zero-order chi connectivity index (χ0) is 19.1. The van der Waals surface area contributed by atoms with Crippen LogP contribution in [-0.4, -0.2) is 31.1 Å². The van der Waals surface area contributed by atoms with E-state index in [1.165, 1.54) is 55.6 Å². The minimum atomic E-state index is 0.272. The minimum absolute atomic E-state index is 0.272. The predicted molar refractivity (Wildman–Crippen MR) is 119 cm³/mol. The number of nitrogens with one attached hydrogen (secondary N) is 1. The van der Waals surface area contributed by atoms with Crippen LogP contribution in [0.3, 0.4) is 0 Å². The highest BCUT2D eigenvalue weighted by Gasteiger charge is 2.45. The minimum Gasteiger partial charge on any atom is -0.388 e. The number of allylic oxidation sites excluding steroid dienone is 1. The summed E-state index contributed by atoms with van der Waals surface area (Å²) in [6.45, 7) is 4.94. The van der Waals surface area contributed by atoms with E-state index in [-0.39, 0.29) is 5.41 Å². The number of piperidine rings is 1. The average Bonchev–Trinajstić information content (AvgIpc) is 3.37. The zero-order valence-electron chi connectivity index (χ0n) is 17.2. The maximum absolute atomic E-state index is 3.23. The van der Waals surface area contributed by atoms with Gasteiger partial charge in [-0.1, -0.05) is 55.5 Å². The first kappa shape index (κ1) is 18.0. The average molecular weight is 373 g/mol. The molecule has 2 aliphatic carbocycles. The molecular weight excluding hydrogens is 340 g/mol. The Balaban J connectivity index is 1.27. The van der Waals surface area contributed by atoms with E-state index >= 15 is 0 Å². The fourth-order valence-corrected chi connectivity index (χ4v) is 6.07. The van der Waals surface area contributed by atoms with Crippen LogP contribution in [0.15, 0.2) is 54.6 Å². The van der Waals surface area contributed by atoms with Crippen molar-refractivity contribution >= 4 is 11.8 Å². The topological polar surface area (TPSA) is 15.3 Å². The molecule has 28 heavy (non-hydrogen) atoms. The lowest BCUT2D eigenvalue weighted by molar-refractivity contribution is 0.0898. The molecule has 1 heterocycles. The Labute approximate surface area is 169 Å². The van der Waals surface area contributed by atoms with Gasteiger partial charge in [0.2, 0.25) is 0 Å². The fourth-order valence-electron chi connectivity index (χ4n) is 6.07. The van der Waals surface area contributed by atoms with Crippen LogP contribution in [0.5, 0.6) is 0 Å². The molecular formula is C26H32N2. The van der Waals surface area contributed by atoms with E-state index in [4.69, 9.17) is 0 Å². The summed E-state index contributed by atoms with van der Waals surface area (Å²) >= 11 is 0. The van der Waals surface area contributed by atoms with E-state index in [0.717, 1.165) is 12.0 Å². The molecule has 3 aliphatic rings. The van der Waals surface area contributed by atoms with Gasteiger partial charge in [-0.2, -0.15) is 0 Å². The van der Waals surface area contributed by atoms with E-state index in [1.54, 1.807) is 5.56 Å². The number of nitrogens with zero attached hydrogens (tertiary/aromatic N) is 1. The molecule has 0 aromatic heterocycles. The first-order valence-corrected chi connectivity index (χ1v) is 11.0. The lowest BCUT2D eigenvalue weighted by Gasteiger charge is -2.46. The number of fused-ring (bicyclic) bond motifs is 2. The molecule has 4 atom stereocenters. The molecule has 1 saturated heterocycles. The van der Waals surface area contributed by atoms with Crippen molar-refractivity contribution in [2.45, 2.75) is 50.0 Å².